The minimum Gasteiger partial charge on any atom is -0.349 e. The van der Waals surface area contributed by atoms with Crippen molar-refractivity contribution >= 4 is 45.0 Å². The van der Waals surface area contributed by atoms with Gasteiger partial charge in [-0.05, 0) is 60.7 Å². The third kappa shape index (κ3) is 5.61. The summed E-state index contributed by atoms with van der Waals surface area (Å²) < 4.78 is 66.0. The van der Waals surface area contributed by atoms with Gasteiger partial charge in [0.05, 0.1) is 21.0 Å². The lowest BCUT2D eigenvalue weighted by atomic mass is 10.1. The van der Waals surface area contributed by atoms with Gasteiger partial charge in [0.2, 0.25) is 0 Å². The molecule has 30 heavy (non-hydrogen) atoms. The number of carbonyl (C=O) groups is 1. The number of hydrogen-bond acceptors (Lipinski definition) is 4. The number of alkyl halides is 3. The molecule has 0 saturated carbocycles. The molecule has 11 heteroatoms. The number of thioether (sulfide) groups is 1. The second-order valence-corrected chi connectivity index (χ2v) is 10.0. The average molecular weight is 479 g/mol. The molecule has 1 amide bonds. The summed E-state index contributed by atoms with van der Waals surface area (Å²) in [6.45, 7) is 0. The van der Waals surface area contributed by atoms with Crippen LogP contribution < -0.4 is 10.0 Å². The summed E-state index contributed by atoms with van der Waals surface area (Å²) in [7, 11) is -4.24. The lowest BCUT2D eigenvalue weighted by Gasteiger charge is -2.22. The van der Waals surface area contributed by atoms with E-state index in [2.05, 4.69) is 10.0 Å². The molecule has 1 heterocycles. The van der Waals surface area contributed by atoms with Crippen LogP contribution in [0.3, 0.4) is 0 Å². The van der Waals surface area contributed by atoms with Crippen LogP contribution in [0.4, 0.5) is 18.9 Å². The zero-order valence-electron chi connectivity index (χ0n) is 15.5. The van der Waals surface area contributed by atoms with Crippen LogP contribution in [0.5, 0.6) is 0 Å². The van der Waals surface area contributed by atoms with Gasteiger partial charge in [0.15, 0.2) is 0 Å². The molecule has 0 radical (unpaired) electrons. The van der Waals surface area contributed by atoms with Gasteiger partial charge in [-0.25, -0.2) is 8.42 Å². The van der Waals surface area contributed by atoms with Crippen molar-refractivity contribution in [2.24, 2.45) is 0 Å². The molecule has 3 rings (SSSR count). The second kappa shape index (κ2) is 9.07. The molecule has 1 saturated heterocycles. The van der Waals surface area contributed by atoms with E-state index >= 15 is 0 Å². The van der Waals surface area contributed by atoms with E-state index in [0.29, 0.717) is 6.07 Å². The zero-order chi connectivity index (χ0) is 21.9. The highest BCUT2D eigenvalue weighted by Crippen LogP contribution is 2.31. The van der Waals surface area contributed by atoms with Crippen molar-refractivity contribution in [3.8, 4) is 0 Å². The number of halogens is 4. The molecule has 2 aromatic rings. The Labute approximate surface area is 181 Å². The van der Waals surface area contributed by atoms with E-state index in [1.807, 2.05) is 0 Å². The number of hydrogen-bond donors (Lipinski definition) is 2. The highest BCUT2D eigenvalue weighted by Gasteiger charge is 2.31. The molecular weight excluding hydrogens is 461 g/mol. The topological polar surface area (TPSA) is 75.3 Å². The SMILES string of the molecule is O=C(NC1CCSCC1)c1cc(S(=O)(=O)Nc2cccc(C(F)(F)F)c2)ccc1Cl. The first-order chi connectivity index (χ1) is 14.1. The van der Waals surface area contributed by atoms with Gasteiger partial charge in [0, 0.05) is 11.7 Å². The van der Waals surface area contributed by atoms with Gasteiger partial charge in [-0.3, -0.25) is 9.52 Å². The maximum absolute atomic E-state index is 12.9. The smallest absolute Gasteiger partial charge is 0.349 e. The number of benzene rings is 2. The molecule has 0 spiro atoms. The van der Waals surface area contributed by atoms with Gasteiger partial charge in [-0.1, -0.05) is 17.7 Å². The first kappa shape index (κ1) is 22.8. The molecule has 0 aliphatic carbocycles. The Kier molecular flexibility index (Phi) is 6.88. The Morgan fingerprint density at radius 1 is 1.10 bits per heavy atom. The van der Waals surface area contributed by atoms with E-state index in [4.69, 9.17) is 11.6 Å². The third-order valence-electron chi connectivity index (χ3n) is 4.49. The van der Waals surface area contributed by atoms with E-state index in [0.717, 1.165) is 42.5 Å². The number of sulfonamides is 1. The molecule has 2 aromatic carbocycles. The lowest BCUT2D eigenvalue weighted by Crippen LogP contribution is -2.37. The summed E-state index contributed by atoms with van der Waals surface area (Å²) in [6.07, 6.45) is -2.99. The first-order valence-corrected chi connectivity index (χ1v) is 12.0. The average Bonchev–Trinajstić information content (AvgIpc) is 2.68. The van der Waals surface area contributed by atoms with Gasteiger partial charge < -0.3 is 5.32 Å². The largest absolute Gasteiger partial charge is 0.416 e. The Morgan fingerprint density at radius 3 is 2.47 bits per heavy atom. The summed E-state index contributed by atoms with van der Waals surface area (Å²) in [5.41, 5.74) is -1.24. The summed E-state index contributed by atoms with van der Waals surface area (Å²) in [5, 5.41) is 2.93. The van der Waals surface area contributed by atoms with Crippen LogP contribution in [0.2, 0.25) is 5.02 Å². The number of anilines is 1. The summed E-state index contributed by atoms with van der Waals surface area (Å²) in [5.74, 6) is 1.36. The maximum Gasteiger partial charge on any atom is 0.416 e. The fourth-order valence-corrected chi connectivity index (χ4v) is 5.31. The van der Waals surface area contributed by atoms with Gasteiger partial charge >= 0.3 is 6.18 Å². The second-order valence-electron chi connectivity index (χ2n) is 6.69. The number of nitrogens with one attached hydrogen (secondary N) is 2. The summed E-state index contributed by atoms with van der Waals surface area (Å²) in [4.78, 5) is 12.3. The molecule has 0 bridgehead atoms. The molecule has 2 N–H and O–H groups in total. The monoisotopic (exact) mass is 478 g/mol. The number of amides is 1. The summed E-state index contributed by atoms with van der Waals surface area (Å²) in [6, 6.07) is 7.40. The van der Waals surface area contributed by atoms with Crippen LogP contribution in [-0.2, 0) is 16.2 Å². The van der Waals surface area contributed by atoms with E-state index < -0.39 is 27.7 Å². The van der Waals surface area contributed by atoms with Crippen molar-refractivity contribution in [1.82, 2.24) is 5.32 Å². The van der Waals surface area contributed by atoms with Gasteiger partial charge in [-0.15, -0.1) is 0 Å². The van der Waals surface area contributed by atoms with E-state index in [-0.39, 0.29) is 27.2 Å². The molecule has 162 valence electrons. The molecule has 1 aliphatic rings. The predicted octanol–water partition coefficient (Wildman–Crippen LogP) is 4.79. The van der Waals surface area contributed by atoms with Crippen molar-refractivity contribution in [1.29, 1.82) is 0 Å². The van der Waals surface area contributed by atoms with Crippen molar-refractivity contribution in [2.75, 3.05) is 16.2 Å². The molecule has 0 aromatic heterocycles. The fourth-order valence-electron chi connectivity index (χ4n) is 2.92. The predicted molar refractivity (Wildman–Crippen MR) is 112 cm³/mol. The highest BCUT2D eigenvalue weighted by atomic mass is 35.5. The van der Waals surface area contributed by atoms with Gasteiger partial charge in [0.25, 0.3) is 15.9 Å². The Morgan fingerprint density at radius 2 is 1.80 bits per heavy atom. The molecule has 5 nitrogen and oxygen atoms in total. The summed E-state index contributed by atoms with van der Waals surface area (Å²) >= 11 is 7.88. The van der Waals surface area contributed by atoms with Gasteiger partial charge in [0.1, 0.15) is 0 Å². The molecule has 1 aliphatic heterocycles. The molecule has 0 unspecified atom stereocenters. The fraction of sp³-hybridized carbons (Fsp3) is 0.316. The van der Waals surface area contributed by atoms with Crippen molar-refractivity contribution < 1.29 is 26.4 Å². The standard InChI is InChI=1S/C19H18ClF3N2O3S2/c20-17-5-4-15(11-16(17)18(26)24-13-6-8-29-9-7-13)30(27,28)25-14-3-1-2-12(10-14)19(21,22)23/h1-5,10-11,13,25H,6-9H2,(H,24,26). The highest BCUT2D eigenvalue weighted by molar-refractivity contribution is 7.99. The van der Waals surface area contributed by atoms with E-state index in [1.165, 1.54) is 18.2 Å². The minimum atomic E-state index is -4.61. The Bertz CT molecular complexity index is 1040. The van der Waals surface area contributed by atoms with Crippen molar-refractivity contribution in [3.63, 3.8) is 0 Å². The molecular formula is C19H18ClF3N2O3S2. The van der Waals surface area contributed by atoms with Crippen molar-refractivity contribution in [2.45, 2.75) is 30.0 Å². The lowest BCUT2D eigenvalue weighted by molar-refractivity contribution is -0.137. The van der Waals surface area contributed by atoms with Gasteiger partial charge in [-0.2, -0.15) is 24.9 Å². The Balaban J connectivity index is 1.83. The number of carbonyl (C=O) groups excluding carboxylic acids is 1. The molecule has 0 atom stereocenters. The van der Waals surface area contributed by atoms with E-state index in [1.54, 1.807) is 11.8 Å². The van der Waals surface area contributed by atoms with Crippen LogP contribution in [-0.4, -0.2) is 31.9 Å². The third-order valence-corrected chi connectivity index (χ3v) is 7.25. The number of rotatable bonds is 5. The van der Waals surface area contributed by atoms with Crippen LogP contribution in [0, 0.1) is 0 Å². The van der Waals surface area contributed by atoms with Crippen molar-refractivity contribution in [3.05, 3.63) is 58.6 Å². The zero-order valence-corrected chi connectivity index (χ0v) is 17.9. The maximum atomic E-state index is 12.9. The van der Waals surface area contributed by atoms with Crippen LogP contribution in [0.25, 0.3) is 0 Å². The minimum absolute atomic E-state index is 0.0122. The van der Waals surface area contributed by atoms with Crippen LogP contribution in [0.1, 0.15) is 28.8 Å². The van der Waals surface area contributed by atoms with Crippen LogP contribution in [0.15, 0.2) is 47.4 Å². The quantitative estimate of drug-likeness (QED) is 0.648. The normalized spacial score (nSPS) is 15.6. The first-order valence-electron chi connectivity index (χ1n) is 8.94. The Hall–Kier alpha value is -1.91. The molecule has 1 fully saturated rings. The van der Waals surface area contributed by atoms with E-state index in [9.17, 15) is 26.4 Å². The van der Waals surface area contributed by atoms with Crippen LogP contribution >= 0.6 is 23.4 Å².